The van der Waals surface area contributed by atoms with Crippen molar-refractivity contribution < 1.29 is 14.3 Å². The van der Waals surface area contributed by atoms with Crippen LogP contribution in [0.1, 0.15) is 32.5 Å². The highest BCUT2D eigenvalue weighted by atomic mass is 79.9. The minimum absolute atomic E-state index is 0.263. The molecule has 0 bridgehead atoms. The fourth-order valence-corrected chi connectivity index (χ4v) is 4.32. The molecule has 0 saturated heterocycles. The van der Waals surface area contributed by atoms with Gasteiger partial charge in [0, 0.05) is 14.9 Å². The minimum atomic E-state index is -0.442. The Morgan fingerprint density at radius 3 is 2.41 bits per heavy atom. The van der Waals surface area contributed by atoms with Crippen LogP contribution in [0.25, 0.3) is 11.1 Å². The molecule has 0 aliphatic carbocycles. The molecule has 3 rings (SSSR count). The number of nitrogens with one attached hydrogen (secondary N) is 1. The summed E-state index contributed by atoms with van der Waals surface area (Å²) in [5, 5.41) is 3.38. The van der Waals surface area contributed by atoms with Crippen LogP contribution in [0.2, 0.25) is 0 Å². The maximum Gasteiger partial charge on any atom is 0.341 e. The quantitative estimate of drug-likeness (QED) is 0.498. The van der Waals surface area contributed by atoms with Gasteiger partial charge in [0.05, 0.1) is 12.2 Å². The van der Waals surface area contributed by atoms with E-state index in [1.54, 1.807) is 25.1 Å². The first-order chi connectivity index (χ1) is 13.0. The van der Waals surface area contributed by atoms with Gasteiger partial charge in [-0.15, -0.1) is 11.3 Å². The van der Waals surface area contributed by atoms with Gasteiger partial charge in [-0.25, -0.2) is 4.79 Å². The van der Waals surface area contributed by atoms with Crippen molar-refractivity contribution in [1.29, 1.82) is 0 Å². The Hall–Kier alpha value is -2.44. The summed E-state index contributed by atoms with van der Waals surface area (Å²) in [7, 11) is 0. The fourth-order valence-electron chi connectivity index (χ4n) is 2.80. The predicted octanol–water partition coefficient (Wildman–Crippen LogP) is 5.92. The summed E-state index contributed by atoms with van der Waals surface area (Å²) in [6.45, 7) is 3.96. The van der Waals surface area contributed by atoms with E-state index in [4.69, 9.17) is 4.74 Å². The van der Waals surface area contributed by atoms with Crippen molar-refractivity contribution in [2.45, 2.75) is 13.8 Å². The second-order valence-corrected chi connectivity index (χ2v) is 7.84. The second-order valence-electron chi connectivity index (χ2n) is 5.76. The number of ether oxygens (including phenoxy) is 1. The number of aryl methyl sites for hydroxylation is 1. The van der Waals surface area contributed by atoms with Crippen molar-refractivity contribution in [3.05, 3.63) is 75.1 Å². The van der Waals surface area contributed by atoms with Gasteiger partial charge in [0.1, 0.15) is 10.6 Å². The lowest BCUT2D eigenvalue weighted by molar-refractivity contribution is 0.0529. The van der Waals surface area contributed by atoms with Crippen LogP contribution < -0.4 is 5.32 Å². The molecular formula is C21H18BrNO3S. The maximum atomic E-state index is 12.7. The Balaban J connectivity index is 2.06. The molecule has 0 spiro atoms. The normalized spacial score (nSPS) is 10.5. The van der Waals surface area contributed by atoms with E-state index in [0.29, 0.717) is 20.6 Å². The molecule has 3 aromatic rings. The van der Waals surface area contributed by atoms with E-state index in [-0.39, 0.29) is 12.5 Å². The maximum absolute atomic E-state index is 12.7. The number of benzene rings is 2. The number of rotatable bonds is 5. The average Bonchev–Trinajstić information content (AvgIpc) is 2.98. The van der Waals surface area contributed by atoms with Crippen LogP contribution in [-0.4, -0.2) is 18.5 Å². The highest BCUT2D eigenvalue weighted by Gasteiger charge is 2.26. The molecule has 0 fully saturated rings. The molecule has 4 nitrogen and oxygen atoms in total. The van der Waals surface area contributed by atoms with E-state index < -0.39 is 5.97 Å². The van der Waals surface area contributed by atoms with Gasteiger partial charge >= 0.3 is 5.97 Å². The zero-order valence-electron chi connectivity index (χ0n) is 14.9. The highest BCUT2D eigenvalue weighted by Crippen LogP contribution is 2.40. The van der Waals surface area contributed by atoms with Gasteiger partial charge in [-0.3, -0.25) is 4.79 Å². The lowest BCUT2D eigenvalue weighted by atomic mass is 10.0. The SMILES string of the molecule is CCOC(=O)c1c(NC(=O)c2ccccc2Br)sc(C)c1-c1ccccc1. The van der Waals surface area contributed by atoms with Crippen LogP contribution in [-0.2, 0) is 4.74 Å². The van der Waals surface area contributed by atoms with Gasteiger partial charge in [-0.05, 0) is 47.5 Å². The van der Waals surface area contributed by atoms with Crippen molar-refractivity contribution in [3.63, 3.8) is 0 Å². The Labute approximate surface area is 170 Å². The molecule has 0 saturated carbocycles. The molecule has 138 valence electrons. The van der Waals surface area contributed by atoms with Crippen LogP contribution in [0, 0.1) is 6.92 Å². The molecule has 1 aromatic heterocycles. The number of carbonyl (C=O) groups is 2. The van der Waals surface area contributed by atoms with Gasteiger partial charge in [0.15, 0.2) is 0 Å². The molecule has 0 atom stereocenters. The summed E-state index contributed by atoms with van der Waals surface area (Å²) in [5.74, 6) is -0.725. The van der Waals surface area contributed by atoms with Gasteiger partial charge < -0.3 is 10.1 Å². The zero-order valence-corrected chi connectivity index (χ0v) is 17.3. The first-order valence-corrected chi connectivity index (χ1v) is 10.1. The van der Waals surface area contributed by atoms with Crippen LogP contribution in [0.4, 0.5) is 5.00 Å². The molecule has 2 aromatic carbocycles. The molecule has 0 radical (unpaired) electrons. The summed E-state index contributed by atoms with van der Waals surface area (Å²) >= 11 is 4.76. The molecule has 0 unspecified atom stereocenters. The van der Waals surface area contributed by atoms with Crippen molar-refractivity contribution in [3.8, 4) is 11.1 Å². The monoisotopic (exact) mass is 443 g/mol. The number of halogens is 1. The smallest absolute Gasteiger partial charge is 0.341 e. The lowest BCUT2D eigenvalue weighted by Crippen LogP contribution is -2.15. The van der Waals surface area contributed by atoms with Crippen LogP contribution in [0.5, 0.6) is 0 Å². The number of hydrogen-bond acceptors (Lipinski definition) is 4. The third kappa shape index (κ3) is 4.12. The number of carbonyl (C=O) groups excluding carboxylic acids is 2. The van der Waals surface area contributed by atoms with Gasteiger partial charge in [0.25, 0.3) is 5.91 Å². The van der Waals surface area contributed by atoms with E-state index in [1.165, 1.54) is 11.3 Å². The van der Waals surface area contributed by atoms with E-state index in [1.807, 2.05) is 43.3 Å². The van der Waals surface area contributed by atoms with E-state index >= 15 is 0 Å². The number of anilines is 1. The first-order valence-electron chi connectivity index (χ1n) is 8.44. The van der Waals surface area contributed by atoms with E-state index in [0.717, 1.165) is 16.0 Å². The van der Waals surface area contributed by atoms with Crippen molar-refractivity contribution in [2.24, 2.45) is 0 Å². The number of thiophene rings is 1. The van der Waals surface area contributed by atoms with Crippen LogP contribution in [0.15, 0.2) is 59.1 Å². The minimum Gasteiger partial charge on any atom is -0.462 e. The molecule has 0 aliphatic heterocycles. The molecule has 0 aliphatic rings. The van der Waals surface area contributed by atoms with Crippen LogP contribution in [0.3, 0.4) is 0 Å². The molecule has 6 heteroatoms. The third-order valence-corrected chi connectivity index (χ3v) is 5.68. The topological polar surface area (TPSA) is 55.4 Å². The van der Waals surface area contributed by atoms with Gasteiger partial charge in [-0.1, -0.05) is 42.5 Å². The molecule has 1 N–H and O–H groups in total. The second kappa shape index (κ2) is 8.50. The highest BCUT2D eigenvalue weighted by molar-refractivity contribution is 9.10. The van der Waals surface area contributed by atoms with Crippen molar-refractivity contribution >= 4 is 44.1 Å². The number of hydrogen-bond donors (Lipinski definition) is 1. The molecule has 1 amide bonds. The fraction of sp³-hybridized carbons (Fsp3) is 0.143. The molecule has 27 heavy (non-hydrogen) atoms. The first kappa shape index (κ1) is 19.3. The zero-order chi connectivity index (χ0) is 19.4. The average molecular weight is 444 g/mol. The van der Waals surface area contributed by atoms with Gasteiger partial charge in [0.2, 0.25) is 0 Å². The van der Waals surface area contributed by atoms with E-state index in [9.17, 15) is 9.59 Å². The predicted molar refractivity (Wildman–Crippen MR) is 113 cm³/mol. The Morgan fingerprint density at radius 2 is 1.74 bits per heavy atom. The number of esters is 1. The standard InChI is InChI=1S/C21H18BrNO3S/c1-3-26-21(25)18-17(14-9-5-4-6-10-14)13(2)27-20(18)23-19(24)15-11-7-8-12-16(15)22/h4-12H,3H2,1-2H3,(H,23,24). The summed E-state index contributed by atoms with van der Waals surface area (Å²) in [6.07, 6.45) is 0. The van der Waals surface area contributed by atoms with Crippen molar-refractivity contribution in [1.82, 2.24) is 0 Å². The van der Waals surface area contributed by atoms with Gasteiger partial charge in [-0.2, -0.15) is 0 Å². The Bertz CT molecular complexity index is 982. The van der Waals surface area contributed by atoms with Crippen LogP contribution >= 0.6 is 27.3 Å². The third-order valence-electron chi connectivity index (χ3n) is 3.97. The Kier molecular flexibility index (Phi) is 6.08. The molecule has 1 heterocycles. The summed E-state index contributed by atoms with van der Waals surface area (Å²) in [5.41, 5.74) is 2.60. The lowest BCUT2D eigenvalue weighted by Gasteiger charge is -2.10. The molecular weight excluding hydrogens is 426 g/mol. The van der Waals surface area contributed by atoms with E-state index in [2.05, 4.69) is 21.2 Å². The summed E-state index contributed by atoms with van der Waals surface area (Å²) in [6, 6.07) is 16.8. The largest absolute Gasteiger partial charge is 0.462 e. The summed E-state index contributed by atoms with van der Waals surface area (Å²) in [4.78, 5) is 26.4. The number of amides is 1. The Morgan fingerprint density at radius 1 is 1.07 bits per heavy atom. The summed E-state index contributed by atoms with van der Waals surface area (Å²) < 4.78 is 5.95. The van der Waals surface area contributed by atoms with Crippen molar-refractivity contribution in [2.75, 3.05) is 11.9 Å².